The number of carboxylic acids is 1. The van der Waals surface area contributed by atoms with Crippen molar-refractivity contribution in [2.45, 2.75) is 66.0 Å². The van der Waals surface area contributed by atoms with Gasteiger partial charge in [0.2, 0.25) is 5.91 Å². The van der Waals surface area contributed by atoms with E-state index in [0.29, 0.717) is 6.42 Å². The van der Waals surface area contributed by atoms with Gasteiger partial charge in [0.05, 0.1) is 12.1 Å². The zero-order valence-corrected chi connectivity index (χ0v) is 13.6. The van der Waals surface area contributed by atoms with Crippen LogP contribution in [0.5, 0.6) is 0 Å². The van der Waals surface area contributed by atoms with E-state index in [1.165, 1.54) is 0 Å². The van der Waals surface area contributed by atoms with Gasteiger partial charge in [-0.25, -0.2) is 0 Å². The molecule has 0 radical (unpaired) electrons. The average molecular weight is 300 g/mol. The molecular weight excluding hydrogens is 272 g/mol. The maximum Gasteiger partial charge on any atom is 0.303 e. The van der Waals surface area contributed by atoms with Crippen molar-refractivity contribution in [1.82, 2.24) is 5.32 Å². The van der Waals surface area contributed by atoms with Crippen molar-refractivity contribution < 1.29 is 19.5 Å². The summed E-state index contributed by atoms with van der Waals surface area (Å²) in [5, 5.41) is 11.4. The van der Waals surface area contributed by atoms with Crippen LogP contribution in [0.1, 0.15) is 53.9 Å². The molecule has 0 rings (SSSR count). The maximum absolute atomic E-state index is 12.3. The third-order valence-corrected chi connectivity index (χ3v) is 3.07. The fourth-order valence-electron chi connectivity index (χ4n) is 1.77. The van der Waals surface area contributed by atoms with Gasteiger partial charge >= 0.3 is 5.97 Å². The Hall–Kier alpha value is -1.43. The molecule has 0 aliphatic heterocycles. The summed E-state index contributed by atoms with van der Waals surface area (Å²) in [6, 6.07) is -1.54. The summed E-state index contributed by atoms with van der Waals surface area (Å²) in [5.74, 6) is -1.29. The molecule has 6 nitrogen and oxygen atoms in total. The molecule has 21 heavy (non-hydrogen) atoms. The third-order valence-electron chi connectivity index (χ3n) is 3.07. The number of rotatable bonds is 8. The Morgan fingerprint density at radius 1 is 1.19 bits per heavy atom. The largest absolute Gasteiger partial charge is 0.481 e. The Kier molecular flexibility index (Phi) is 7.57. The van der Waals surface area contributed by atoms with E-state index < -0.39 is 23.5 Å². The van der Waals surface area contributed by atoms with Crippen molar-refractivity contribution in [3.63, 3.8) is 0 Å². The number of ketones is 1. The summed E-state index contributed by atoms with van der Waals surface area (Å²) in [4.78, 5) is 34.9. The van der Waals surface area contributed by atoms with Gasteiger partial charge < -0.3 is 16.2 Å². The lowest BCUT2D eigenvalue weighted by Gasteiger charge is -2.26. The maximum atomic E-state index is 12.3. The number of carbonyl (C=O) groups is 3. The van der Waals surface area contributed by atoms with Crippen molar-refractivity contribution in [2.24, 2.45) is 17.1 Å². The lowest BCUT2D eigenvalue weighted by atomic mass is 9.91. The molecule has 0 heterocycles. The summed E-state index contributed by atoms with van der Waals surface area (Å²) in [6.07, 6.45) is 0.407. The zero-order chi connectivity index (χ0) is 16.8. The van der Waals surface area contributed by atoms with Crippen LogP contribution in [0, 0.1) is 11.3 Å². The van der Waals surface area contributed by atoms with Crippen LogP contribution in [0.25, 0.3) is 0 Å². The minimum absolute atomic E-state index is 0.0775. The van der Waals surface area contributed by atoms with Crippen molar-refractivity contribution in [3.8, 4) is 0 Å². The number of nitrogens with two attached hydrogens (primary N) is 1. The molecule has 2 atom stereocenters. The first kappa shape index (κ1) is 19.6. The Labute approximate surface area is 126 Å². The van der Waals surface area contributed by atoms with Crippen LogP contribution < -0.4 is 11.1 Å². The standard InChI is InChI=1S/C15H28N2O4/c1-9(2)8-11(17-14(21)15(3,4)5)13(20)10(16)6-7-12(18)19/h9-11H,6-8,16H2,1-5H3,(H,17,21)(H,18,19)/t10?,11-/m0/s1. The van der Waals surface area contributed by atoms with Crippen LogP contribution in [0.2, 0.25) is 0 Å². The lowest BCUT2D eigenvalue weighted by molar-refractivity contribution is -0.137. The first-order valence-corrected chi connectivity index (χ1v) is 7.27. The van der Waals surface area contributed by atoms with E-state index in [9.17, 15) is 14.4 Å². The summed E-state index contributed by atoms with van der Waals surface area (Å²) < 4.78 is 0. The van der Waals surface area contributed by atoms with Gasteiger partial charge in [-0.2, -0.15) is 0 Å². The predicted octanol–water partition coefficient (Wildman–Crippen LogP) is 1.32. The molecule has 0 saturated carbocycles. The number of hydrogen-bond donors (Lipinski definition) is 3. The number of hydrogen-bond acceptors (Lipinski definition) is 4. The summed E-state index contributed by atoms with van der Waals surface area (Å²) in [6.45, 7) is 9.20. The van der Waals surface area contributed by atoms with Crippen molar-refractivity contribution in [1.29, 1.82) is 0 Å². The number of carboxylic acid groups (broad SMARTS) is 1. The van der Waals surface area contributed by atoms with E-state index in [1.54, 1.807) is 20.8 Å². The molecular formula is C15H28N2O4. The molecule has 4 N–H and O–H groups in total. The number of Topliss-reactive ketones (excluding diaryl/α,β-unsaturated/α-hetero) is 1. The monoisotopic (exact) mass is 300 g/mol. The number of aliphatic carboxylic acids is 1. The van der Waals surface area contributed by atoms with Crippen LogP contribution in [0.3, 0.4) is 0 Å². The quantitative estimate of drug-likeness (QED) is 0.626. The molecule has 122 valence electrons. The first-order valence-electron chi connectivity index (χ1n) is 7.27. The fraction of sp³-hybridized carbons (Fsp3) is 0.800. The van der Waals surface area contributed by atoms with Crippen LogP contribution in [-0.2, 0) is 14.4 Å². The van der Waals surface area contributed by atoms with E-state index in [4.69, 9.17) is 10.8 Å². The van der Waals surface area contributed by atoms with Crippen LogP contribution in [0.15, 0.2) is 0 Å². The highest BCUT2D eigenvalue weighted by Crippen LogP contribution is 2.16. The van der Waals surface area contributed by atoms with E-state index in [0.717, 1.165) is 0 Å². The number of amides is 1. The molecule has 0 saturated heterocycles. The molecule has 0 aliphatic carbocycles. The molecule has 0 spiro atoms. The summed E-state index contributed by atoms with van der Waals surface area (Å²) in [7, 11) is 0. The Morgan fingerprint density at radius 3 is 2.10 bits per heavy atom. The van der Waals surface area contributed by atoms with Gasteiger partial charge in [0, 0.05) is 11.8 Å². The van der Waals surface area contributed by atoms with Crippen molar-refractivity contribution in [3.05, 3.63) is 0 Å². The van der Waals surface area contributed by atoms with E-state index in [-0.39, 0.29) is 30.4 Å². The highest BCUT2D eigenvalue weighted by atomic mass is 16.4. The van der Waals surface area contributed by atoms with Gasteiger partial charge in [0.25, 0.3) is 0 Å². The van der Waals surface area contributed by atoms with E-state index in [1.807, 2.05) is 13.8 Å². The van der Waals surface area contributed by atoms with Crippen molar-refractivity contribution >= 4 is 17.7 Å². The molecule has 1 unspecified atom stereocenters. The minimum Gasteiger partial charge on any atom is -0.481 e. The number of nitrogens with one attached hydrogen (secondary N) is 1. The predicted molar refractivity (Wildman–Crippen MR) is 80.7 cm³/mol. The van der Waals surface area contributed by atoms with Crippen LogP contribution >= 0.6 is 0 Å². The van der Waals surface area contributed by atoms with Crippen molar-refractivity contribution in [2.75, 3.05) is 0 Å². The minimum atomic E-state index is -0.989. The molecule has 0 aromatic carbocycles. The Balaban J connectivity index is 4.85. The van der Waals surface area contributed by atoms with Gasteiger partial charge in [-0.05, 0) is 18.8 Å². The molecule has 0 aromatic rings. The zero-order valence-electron chi connectivity index (χ0n) is 13.6. The average Bonchev–Trinajstić information content (AvgIpc) is 2.32. The molecule has 0 bridgehead atoms. The van der Waals surface area contributed by atoms with Crippen LogP contribution in [0.4, 0.5) is 0 Å². The van der Waals surface area contributed by atoms with Gasteiger partial charge in [-0.15, -0.1) is 0 Å². The van der Waals surface area contributed by atoms with E-state index in [2.05, 4.69) is 5.32 Å². The normalized spacial score (nSPS) is 14.6. The molecule has 0 aromatic heterocycles. The number of carbonyl (C=O) groups excluding carboxylic acids is 2. The second-order valence-corrected chi connectivity index (χ2v) is 6.85. The highest BCUT2D eigenvalue weighted by molar-refractivity contribution is 5.93. The Morgan fingerprint density at radius 2 is 1.71 bits per heavy atom. The molecule has 0 aliphatic rings. The Bertz CT molecular complexity index is 386. The van der Waals surface area contributed by atoms with Gasteiger partial charge in [0.15, 0.2) is 5.78 Å². The second-order valence-electron chi connectivity index (χ2n) is 6.85. The summed E-state index contributed by atoms with van der Waals surface area (Å²) in [5.41, 5.74) is 5.17. The SMILES string of the molecule is CC(C)C[C@H](NC(=O)C(C)(C)C)C(=O)C(N)CCC(=O)O. The second kappa shape index (κ2) is 8.12. The topological polar surface area (TPSA) is 109 Å². The third kappa shape index (κ3) is 7.80. The van der Waals surface area contributed by atoms with Crippen LogP contribution in [-0.4, -0.2) is 34.8 Å². The lowest BCUT2D eigenvalue weighted by Crippen LogP contribution is -2.51. The summed E-state index contributed by atoms with van der Waals surface area (Å²) >= 11 is 0. The first-order chi connectivity index (χ1) is 9.45. The van der Waals surface area contributed by atoms with Gasteiger partial charge in [-0.3, -0.25) is 14.4 Å². The fourth-order valence-corrected chi connectivity index (χ4v) is 1.77. The molecule has 1 amide bonds. The van der Waals surface area contributed by atoms with Gasteiger partial charge in [-0.1, -0.05) is 34.6 Å². The molecule has 0 fully saturated rings. The highest BCUT2D eigenvalue weighted by Gasteiger charge is 2.30. The van der Waals surface area contributed by atoms with Gasteiger partial charge in [0.1, 0.15) is 0 Å². The molecule has 6 heteroatoms. The smallest absolute Gasteiger partial charge is 0.303 e. The van der Waals surface area contributed by atoms with E-state index >= 15 is 0 Å².